The molecule has 1 saturated heterocycles. The quantitative estimate of drug-likeness (QED) is 0.641. The molecule has 1 fully saturated rings. The van der Waals surface area contributed by atoms with Crippen molar-refractivity contribution in [3.63, 3.8) is 0 Å². The average Bonchev–Trinajstić information content (AvgIpc) is 2.93. The molecule has 2 N–H and O–H groups in total. The lowest BCUT2D eigenvalue weighted by Crippen LogP contribution is -2.35. The second-order valence-electron chi connectivity index (χ2n) is 5.95. The van der Waals surface area contributed by atoms with Gasteiger partial charge in [-0.15, -0.1) is 0 Å². The summed E-state index contributed by atoms with van der Waals surface area (Å²) in [5, 5.41) is 11.6. The molecule has 1 heterocycles. The molecule has 2 amide bonds. The van der Waals surface area contributed by atoms with Crippen LogP contribution in [0.5, 0.6) is 11.5 Å². The Morgan fingerprint density at radius 3 is 2.58 bits per heavy atom. The minimum atomic E-state index is -0.512. The Balaban J connectivity index is 1.91. The molecule has 2 aromatic rings. The van der Waals surface area contributed by atoms with Crippen molar-refractivity contribution in [2.75, 3.05) is 11.6 Å². The highest BCUT2D eigenvalue weighted by atomic mass is 16.5. The Morgan fingerprint density at radius 2 is 1.88 bits per heavy atom. The maximum absolute atomic E-state index is 12.6. The molecule has 0 saturated carbocycles. The molecule has 1 aliphatic rings. The summed E-state index contributed by atoms with van der Waals surface area (Å²) in [6.07, 6.45) is 2.25. The molecule has 3 rings (SSSR count). The van der Waals surface area contributed by atoms with Crippen LogP contribution in [0.1, 0.15) is 24.5 Å². The summed E-state index contributed by atoms with van der Waals surface area (Å²) in [5.74, 6) is -0.406. The summed E-state index contributed by atoms with van der Waals surface area (Å²) in [6.45, 7) is 4.28. The maximum atomic E-state index is 12.6. The number of para-hydroxylation sites is 1. The summed E-state index contributed by atoms with van der Waals surface area (Å²) < 4.78 is 5.57. The van der Waals surface area contributed by atoms with Gasteiger partial charge in [0.25, 0.3) is 11.8 Å². The molecule has 26 heavy (non-hydrogen) atoms. The number of nitrogens with one attached hydrogen (secondary N) is 1. The predicted molar refractivity (Wildman–Crippen MR) is 98.7 cm³/mol. The molecule has 134 valence electrons. The van der Waals surface area contributed by atoms with Gasteiger partial charge in [-0.25, -0.2) is 5.01 Å². The molecule has 2 aromatic carbocycles. The number of hydrazine groups is 1. The zero-order valence-electron chi connectivity index (χ0n) is 14.7. The molecule has 6 nitrogen and oxygen atoms in total. The van der Waals surface area contributed by atoms with Gasteiger partial charge in [0.1, 0.15) is 17.1 Å². The van der Waals surface area contributed by atoms with Crippen LogP contribution in [-0.2, 0) is 9.59 Å². The van der Waals surface area contributed by atoms with Crippen LogP contribution in [0.15, 0.2) is 48.0 Å². The number of ether oxygens (including phenoxy) is 1. The molecule has 0 radical (unpaired) electrons. The molecule has 0 spiro atoms. The zero-order chi connectivity index (χ0) is 18.7. The highest BCUT2D eigenvalue weighted by molar-refractivity contribution is 6.31. The molecule has 0 aliphatic carbocycles. The van der Waals surface area contributed by atoms with Crippen LogP contribution in [-0.4, -0.2) is 23.5 Å². The van der Waals surface area contributed by atoms with E-state index >= 15 is 0 Å². The van der Waals surface area contributed by atoms with E-state index in [2.05, 4.69) is 5.43 Å². The fourth-order valence-electron chi connectivity index (χ4n) is 2.66. The third-order valence-corrected chi connectivity index (χ3v) is 4.08. The third-order valence-electron chi connectivity index (χ3n) is 4.08. The van der Waals surface area contributed by atoms with Gasteiger partial charge >= 0.3 is 0 Å². The molecule has 1 aliphatic heterocycles. The lowest BCUT2D eigenvalue weighted by atomic mass is 10.1. The lowest BCUT2D eigenvalue weighted by Gasteiger charge is -2.14. The Bertz CT molecular complexity index is 875. The van der Waals surface area contributed by atoms with Gasteiger partial charge in [-0.1, -0.05) is 25.1 Å². The van der Waals surface area contributed by atoms with Crippen LogP contribution in [0.25, 0.3) is 6.08 Å². The fraction of sp³-hybridized carbons (Fsp3) is 0.200. The van der Waals surface area contributed by atoms with Crippen LogP contribution in [0.2, 0.25) is 0 Å². The second-order valence-corrected chi connectivity index (χ2v) is 5.95. The van der Waals surface area contributed by atoms with Gasteiger partial charge in [-0.2, -0.15) is 0 Å². The maximum Gasteiger partial charge on any atom is 0.282 e. The number of hydrogen-bond acceptors (Lipinski definition) is 4. The third kappa shape index (κ3) is 3.26. The smallest absolute Gasteiger partial charge is 0.282 e. The van der Waals surface area contributed by atoms with E-state index in [1.165, 1.54) is 11.1 Å². The van der Waals surface area contributed by atoms with Gasteiger partial charge in [0.15, 0.2) is 0 Å². The number of carbonyl (C=O) groups excluding carboxylic acids is 2. The van der Waals surface area contributed by atoms with Gasteiger partial charge in [0.2, 0.25) is 0 Å². The molecule has 0 atom stereocenters. The number of amides is 2. The van der Waals surface area contributed by atoms with E-state index in [4.69, 9.17) is 4.74 Å². The van der Waals surface area contributed by atoms with E-state index in [9.17, 15) is 14.7 Å². The summed E-state index contributed by atoms with van der Waals surface area (Å²) in [6, 6.07) is 12.2. The summed E-state index contributed by atoms with van der Waals surface area (Å²) in [4.78, 5) is 24.8. The molecular formula is C20H20N2O4. The fourth-order valence-corrected chi connectivity index (χ4v) is 2.66. The SMILES string of the molecule is CCCOc1ccc(C=C2C(=O)NN(c3ccccc3)C2=O)c(O)c1C. The van der Waals surface area contributed by atoms with Crippen molar-refractivity contribution in [1.29, 1.82) is 0 Å². The van der Waals surface area contributed by atoms with Crippen molar-refractivity contribution in [1.82, 2.24) is 5.43 Å². The van der Waals surface area contributed by atoms with Crippen molar-refractivity contribution in [3.8, 4) is 11.5 Å². The monoisotopic (exact) mass is 352 g/mol. The van der Waals surface area contributed by atoms with E-state index in [1.807, 2.05) is 13.0 Å². The van der Waals surface area contributed by atoms with E-state index in [0.29, 0.717) is 29.2 Å². The zero-order valence-corrected chi connectivity index (χ0v) is 14.7. The van der Waals surface area contributed by atoms with E-state index in [-0.39, 0.29) is 11.3 Å². The number of aromatic hydroxyl groups is 1. The van der Waals surface area contributed by atoms with Crippen molar-refractivity contribution < 1.29 is 19.4 Å². The summed E-state index contributed by atoms with van der Waals surface area (Å²) >= 11 is 0. The number of phenols is 1. The highest BCUT2D eigenvalue weighted by Gasteiger charge is 2.34. The highest BCUT2D eigenvalue weighted by Crippen LogP contribution is 2.33. The van der Waals surface area contributed by atoms with Gasteiger partial charge in [0, 0.05) is 11.1 Å². The number of benzene rings is 2. The molecule has 0 unspecified atom stereocenters. The minimum absolute atomic E-state index is 0.00939. The Labute approximate surface area is 151 Å². The number of phenolic OH excluding ortho intramolecular Hbond substituents is 1. The largest absolute Gasteiger partial charge is 0.507 e. The van der Waals surface area contributed by atoms with Crippen LogP contribution in [0, 0.1) is 6.92 Å². The minimum Gasteiger partial charge on any atom is -0.507 e. The van der Waals surface area contributed by atoms with Crippen molar-refractivity contribution in [2.45, 2.75) is 20.3 Å². The first-order valence-electron chi connectivity index (χ1n) is 8.40. The van der Waals surface area contributed by atoms with Crippen molar-refractivity contribution in [2.24, 2.45) is 0 Å². The van der Waals surface area contributed by atoms with Crippen molar-refractivity contribution in [3.05, 3.63) is 59.2 Å². The average molecular weight is 352 g/mol. The Morgan fingerprint density at radius 1 is 1.15 bits per heavy atom. The molecular weight excluding hydrogens is 332 g/mol. The van der Waals surface area contributed by atoms with Crippen LogP contribution in [0.4, 0.5) is 5.69 Å². The second kappa shape index (κ2) is 7.31. The number of nitrogens with zero attached hydrogens (tertiary/aromatic N) is 1. The predicted octanol–water partition coefficient (Wildman–Crippen LogP) is 2.95. The molecule has 0 bridgehead atoms. The van der Waals surface area contributed by atoms with Crippen LogP contribution < -0.4 is 15.2 Å². The number of anilines is 1. The Hall–Kier alpha value is -3.28. The Kier molecular flexibility index (Phi) is 4.93. The van der Waals surface area contributed by atoms with E-state index in [0.717, 1.165) is 6.42 Å². The first-order valence-corrected chi connectivity index (χ1v) is 8.40. The summed E-state index contributed by atoms with van der Waals surface area (Å²) in [5.41, 5.74) is 4.02. The van der Waals surface area contributed by atoms with E-state index in [1.54, 1.807) is 43.3 Å². The topological polar surface area (TPSA) is 78.9 Å². The van der Waals surface area contributed by atoms with Gasteiger partial charge in [0.05, 0.1) is 12.3 Å². The first kappa shape index (κ1) is 17.5. The number of hydrogen-bond donors (Lipinski definition) is 2. The normalized spacial score (nSPS) is 15.5. The summed E-state index contributed by atoms with van der Waals surface area (Å²) in [7, 11) is 0. The van der Waals surface area contributed by atoms with Gasteiger partial charge in [-0.05, 0) is 43.7 Å². The molecule has 6 heteroatoms. The first-order chi connectivity index (χ1) is 12.5. The lowest BCUT2D eigenvalue weighted by molar-refractivity contribution is -0.117. The molecule has 0 aromatic heterocycles. The van der Waals surface area contributed by atoms with Crippen molar-refractivity contribution >= 4 is 23.6 Å². The van der Waals surface area contributed by atoms with Gasteiger partial charge in [-0.3, -0.25) is 15.0 Å². The van der Waals surface area contributed by atoms with E-state index < -0.39 is 11.8 Å². The number of rotatable bonds is 5. The van der Waals surface area contributed by atoms with Crippen LogP contribution >= 0.6 is 0 Å². The number of carbonyl (C=O) groups is 2. The van der Waals surface area contributed by atoms with Gasteiger partial charge < -0.3 is 9.84 Å². The standard InChI is InChI=1S/C20H20N2O4/c1-3-11-26-17-10-9-14(18(23)13(17)2)12-16-19(24)21-22(20(16)25)15-7-5-4-6-8-15/h4-10,12,23H,3,11H2,1-2H3,(H,21,24). The van der Waals surface area contributed by atoms with Crippen LogP contribution in [0.3, 0.4) is 0 Å².